The van der Waals surface area contributed by atoms with Crippen LogP contribution in [0.3, 0.4) is 0 Å². The summed E-state index contributed by atoms with van der Waals surface area (Å²) in [6, 6.07) is 2.74. The maximum absolute atomic E-state index is 14.0. The molecule has 1 aliphatic carbocycles. The van der Waals surface area contributed by atoms with Gasteiger partial charge in [-0.05, 0) is 37.3 Å². The van der Waals surface area contributed by atoms with Crippen LogP contribution in [0.25, 0.3) is 5.69 Å². The highest BCUT2D eigenvalue weighted by Crippen LogP contribution is 2.31. The van der Waals surface area contributed by atoms with Gasteiger partial charge in [-0.15, -0.1) is 5.10 Å². The largest absolute Gasteiger partial charge is 0.348 e. The number of nitrogens with zero attached hydrogens (tertiary/aromatic N) is 5. The van der Waals surface area contributed by atoms with E-state index in [0.717, 1.165) is 35.8 Å². The number of piperidine rings is 1. The molecule has 166 valence electrons. The van der Waals surface area contributed by atoms with Gasteiger partial charge in [0.1, 0.15) is 11.5 Å². The van der Waals surface area contributed by atoms with Crippen LogP contribution in [0.2, 0.25) is 0 Å². The van der Waals surface area contributed by atoms with Gasteiger partial charge in [0.2, 0.25) is 5.91 Å². The van der Waals surface area contributed by atoms with Crippen molar-refractivity contribution < 1.29 is 18.4 Å². The van der Waals surface area contributed by atoms with Gasteiger partial charge in [0.25, 0.3) is 5.91 Å². The minimum atomic E-state index is -0.809. The van der Waals surface area contributed by atoms with E-state index in [2.05, 4.69) is 20.5 Å². The van der Waals surface area contributed by atoms with Crippen LogP contribution < -0.4 is 5.32 Å². The molecule has 10 heteroatoms. The second-order valence-electron chi connectivity index (χ2n) is 8.55. The van der Waals surface area contributed by atoms with Gasteiger partial charge in [-0.2, -0.15) is 0 Å². The van der Waals surface area contributed by atoms with Crippen LogP contribution in [0, 0.1) is 23.5 Å². The summed E-state index contributed by atoms with van der Waals surface area (Å²) in [5, 5.41) is 10.5. The van der Waals surface area contributed by atoms with E-state index in [4.69, 9.17) is 0 Å². The first-order valence-corrected chi connectivity index (χ1v) is 10.4. The maximum Gasteiger partial charge on any atom is 0.273 e. The molecule has 1 aromatic heterocycles. The minimum Gasteiger partial charge on any atom is -0.348 e. The van der Waals surface area contributed by atoms with Crippen LogP contribution in [0.5, 0.6) is 0 Å². The average molecular weight is 432 g/mol. The summed E-state index contributed by atoms with van der Waals surface area (Å²) >= 11 is 0. The zero-order valence-electron chi connectivity index (χ0n) is 17.6. The van der Waals surface area contributed by atoms with Crippen LogP contribution in [0.1, 0.15) is 29.8 Å². The second-order valence-corrected chi connectivity index (χ2v) is 8.55. The molecule has 2 atom stereocenters. The molecule has 2 fully saturated rings. The lowest BCUT2D eigenvalue weighted by Gasteiger charge is -2.39. The van der Waals surface area contributed by atoms with Gasteiger partial charge in [-0.1, -0.05) is 5.21 Å². The normalized spacial score (nSPS) is 21.7. The number of benzene rings is 1. The maximum atomic E-state index is 14.0. The number of hydrogen-bond acceptors (Lipinski definition) is 5. The number of aromatic nitrogens is 3. The molecule has 0 bridgehead atoms. The van der Waals surface area contributed by atoms with Crippen LogP contribution in [0.15, 0.2) is 24.4 Å². The van der Waals surface area contributed by atoms with Crippen LogP contribution in [0.4, 0.5) is 8.78 Å². The third-order valence-corrected chi connectivity index (χ3v) is 5.87. The van der Waals surface area contributed by atoms with Crippen molar-refractivity contribution in [2.45, 2.75) is 25.3 Å². The topological polar surface area (TPSA) is 83.4 Å². The zero-order valence-corrected chi connectivity index (χ0v) is 17.6. The second kappa shape index (κ2) is 8.70. The van der Waals surface area contributed by atoms with E-state index in [1.165, 1.54) is 25.1 Å². The van der Waals surface area contributed by atoms with E-state index in [0.29, 0.717) is 13.0 Å². The van der Waals surface area contributed by atoms with Gasteiger partial charge in [-0.25, -0.2) is 13.5 Å². The van der Waals surface area contributed by atoms with Crippen molar-refractivity contribution in [3.8, 4) is 5.69 Å². The fourth-order valence-corrected chi connectivity index (χ4v) is 4.00. The smallest absolute Gasteiger partial charge is 0.273 e. The molecule has 1 aromatic carbocycles. The molecule has 0 spiro atoms. The van der Waals surface area contributed by atoms with E-state index in [1.807, 2.05) is 0 Å². The monoisotopic (exact) mass is 432 g/mol. The highest BCUT2D eigenvalue weighted by molar-refractivity contribution is 5.92. The summed E-state index contributed by atoms with van der Waals surface area (Å²) in [5.41, 5.74) is -0.0119. The van der Waals surface area contributed by atoms with Crippen molar-refractivity contribution in [2.24, 2.45) is 11.8 Å². The first-order chi connectivity index (χ1) is 14.8. The number of nitrogens with one attached hydrogen (secondary N) is 1. The summed E-state index contributed by atoms with van der Waals surface area (Å²) in [5.74, 6) is -1.64. The first-order valence-electron chi connectivity index (χ1n) is 10.4. The molecule has 2 heterocycles. The molecular weight excluding hydrogens is 406 g/mol. The molecule has 0 radical (unpaired) electrons. The van der Waals surface area contributed by atoms with Gasteiger partial charge in [0.15, 0.2) is 11.5 Å². The number of amides is 2. The predicted octanol–water partition coefficient (Wildman–Crippen LogP) is 1.46. The van der Waals surface area contributed by atoms with Gasteiger partial charge in [0, 0.05) is 45.8 Å². The Morgan fingerprint density at radius 2 is 2.00 bits per heavy atom. The predicted molar refractivity (Wildman–Crippen MR) is 108 cm³/mol. The van der Waals surface area contributed by atoms with E-state index in [9.17, 15) is 18.4 Å². The van der Waals surface area contributed by atoms with Crippen LogP contribution in [-0.4, -0.2) is 76.4 Å². The van der Waals surface area contributed by atoms with Gasteiger partial charge < -0.3 is 15.1 Å². The number of likely N-dealkylation sites (tertiary alicyclic amines) is 1. The Bertz CT molecular complexity index is 975. The third-order valence-electron chi connectivity index (χ3n) is 5.87. The van der Waals surface area contributed by atoms with Gasteiger partial charge in [-0.3, -0.25) is 9.59 Å². The van der Waals surface area contributed by atoms with E-state index >= 15 is 0 Å². The molecule has 1 N–H and O–H groups in total. The molecule has 2 aliphatic rings. The molecule has 8 nitrogen and oxygen atoms in total. The quantitative estimate of drug-likeness (QED) is 0.748. The van der Waals surface area contributed by atoms with Crippen molar-refractivity contribution in [3.05, 3.63) is 41.7 Å². The molecule has 31 heavy (non-hydrogen) atoms. The molecular formula is C21H26F2N6O2. The van der Waals surface area contributed by atoms with Crippen molar-refractivity contribution in [3.63, 3.8) is 0 Å². The average Bonchev–Trinajstić information content (AvgIpc) is 3.40. The first kappa shape index (κ1) is 21.4. The Morgan fingerprint density at radius 3 is 2.68 bits per heavy atom. The summed E-state index contributed by atoms with van der Waals surface area (Å²) in [6.07, 6.45) is 4.43. The van der Waals surface area contributed by atoms with Crippen molar-refractivity contribution in [1.29, 1.82) is 0 Å². The fraction of sp³-hybridized carbons (Fsp3) is 0.524. The third kappa shape index (κ3) is 4.90. The number of halogens is 2. The number of carbonyl (C=O) groups excluding carboxylic acids is 2. The molecule has 2 amide bonds. The van der Waals surface area contributed by atoms with Crippen LogP contribution in [-0.2, 0) is 4.79 Å². The standard InChI is InChI=1S/C21H26F2N6O2/c1-27(2)21(31)15-11-28(10-13-3-4-13)8-7-17(15)24-20(30)18-12-29(26-25-18)19-6-5-14(22)9-16(19)23/h5-6,9,12-13,15,17H,3-4,7-8,10-11H2,1-2H3,(H,24,30). The van der Waals surface area contributed by atoms with E-state index in [1.54, 1.807) is 19.0 Å². The Morgan fingerprint density at radius 1 is 1.23 bits per heavy atom. The Balaban J connectivity index is 1.46. The Hall–Kier alpha value is -2.88. The highest BCUT2D eigenvalue weighted by Gasteiger charge is 2.38. The summed E-state index contributed by atoms with van der Waals surface area (Å²) in [4.78, 5) is 29.4. The fourth-order valence-electron chi connectivity index (χ4n) is 4.00. The SMILES string of the molecule is CN(C)C(=O)C1CN(CC2CC2)CCC1NC(=O)c1cn(-c2ccc(F)cc2F)nn1. The van der Waals surface area contributed by atoms with Gasteiger partial charge in [0.05, 0.1) is 12.1 Å². The Kier molecular flexibility index (Phi) is 5.99. The number of rotatable bonds is 6. The van der Waals surface area contributed by atoms with Crippen molar-refractivity contribution in [1.82, 2.24) is 30.1 Å². The molecule has 4 rings (SSSR count). The van der Waals surface area contributed by atoms with Crippen molar-refractivity contribution in [2.75, 3.05) is 33.7 Å². The summed E-state index contributed by atoms with van der Waals surface area (Å²) in [7, 11) is 3.42. The lowest BCUT2D eigenvalue weighted by Crippen LogP contribution is -2.56. The zero-order chi connectivity index (χ0) is 22.1. The summed E-state index contributed by atoms with van der Waals surface area (Å²) in [6.45, 7) is 2.41. The molecule has 2 unspecified atom stereocenters. The molecule has 1 saturated heterocycles. The molecule has 1 aliphatic heterocycles. The van der Waals surface area contributed by atoms with Crippen molar-refractivity contribution >= 4 is 11.8 Å². The van der Waals surface area contributed by atoms with E-state index in [-0.39, 0.29) is 29.2 Å². The lowest BCUT2D eigenvalue weighted by atomic mass is 9.90. The van der Waals surface area contributed by atoms with Gasteiger partial charge >= 0.3 is 0 Å². The van der Waals surface area contributed by atoms with Crippen LogP contribution >= 0.6 is 0 Å². The Labute approximate surface area is 179 Å². The lowest BCUT2D eigenvalue weighted by molar-refractivity contribution is -0.135. The molecule has 2 aromatic rings. The number of carbonyl (C=O) groups is 2. The van der Waals surface area contributed by atoms with E-state index < -0.39 is 17.5 Å². The minimum absolute atomic E-state index is 0.000173. The number of hydrogen-bond donors (Lipinski definition) is 1. The summed E-state index contributed by atoms with van der Waals surface area (Å²) < 4.78 is 28.2. The molecule has 1 saturated carbocycles. The highest BCUT2D eigenvalue weighted by atomic mass is 19.1.